The second-order valence-electron chi connectivity index (χ2n) is 7.00. The third-order valence-corrected chi connectivity index (χ3v) is 5.07. The van der Waals surface area contributed by atoms with Crippen LogP contribution in [0.15, 0.2) is 23.2 Å². The zero-order valence-electron chi connectivity index (χ0n) is 15.6. The fourth-order valence-electron chi connectivity index (χ4n) is 3.72. The van der Waals surface area contributed by atoms with Crippen molar-refractivity contribution in [3.63, 3.8) is 0 Å². The smallest absolute Gasteiger partial charge is 0.193 e. The molecule has 25 heavy (non-hydrogen) atoms. The first kappa shape index (κ1) is 20.3. The molecular formula is C19H31IN4O. The predicted molar refractivity (Wildman–Crippen MR) is 115 cm³/mol. The predicted octanol–water partition coefficient (Wildman–Crippen LogP) is 2.73. The summed E-state index contributed by atoms with van der Waals surface area (Å²) in [5, 5.41) is 3.50. The summed E-state index contributed by atoms with van der Waals surface area (Å²) in [6, 6.07) is 6.83. The van der Waals surface area contributed by atoms with Gasteiger partial charge in [0, 0.05) is 59.0 Å². The van der Waals surface area contributed by atoms with Crippen molar-refractivity contribution in [1.82, 2.24) is 10.2 Å². The van der Waals surface area contributed by atoms with Crippen LogP contribution in [0.1, 0.15) is 24.0 Å². The number of halogens is 1. The van der Waals surface area contributed by atoms with Gasteiger partial charge < -0.3 is 19.9 Å². The van der Waals surface area contributed by atoms with Crippen molar-refractivity contribution in [2.24, 2.45) is 10.9 Å². The van der Waals surface area contributed by atoms with Crippen LogP contribution < -0.4 is 10.2 Å². The molecule has 1 aromatic rings. The van der Waals surface area contributed by atoms with Crippen molar-refractivity contribution in [2.75, 3.05) is 52.3 Å². The minimum atomic E-state index is 0. The van der Waals surface area contributed by atoms with E-state index in [1.54, 1.807) is 0 Å². The molecule has 140 valence electrons. The fraction of sp³-hybridized carbons (Fsp3) is 0.632. The first-order valence-electron chi connectivity index (χ1n) is 9.00. The highest BCUT2D eigenvalue weighted by Crippen LogP contribution is 2.26. The quantitative estimate of drug-likeness (QED) is 0.428. The highest BCUT2D eigenvalue weighted by Gasteiger charge is 2.19. The summed E-state index contributed by atoms with van der Waals surface area (Å²) >= 11 is 0. The number of benzene rings is 1. The SMILES string of the molecule is CN=C(NCc1ccc2c(c1)CCCN2C)N(C)CC1CCOC1.I. The minimum absolute atomic E-state index is 0. The van der Waals surface area contributed by atoms with Gasteiger partial charge in [-0.05, 0) is 36.5 Å². The molecule has 6 heteroatoms. The molecule has 0 radical (unpaired) electrons. The zero-order valence-corrected chi connectivity index (χ0v) is 18.0. The van der Waals surface area contributed by atoms with Gasteiger partial charge in [-0.25, -0.2) is 0 Å². The highest BCUT2D eigenvalue weighted by molar-refractivity contribution is 14.0. The summed E-state index contributed by atoms with van der Waals surface area (Å²) < 4.78 is 5.47. The second-order valence-corrected chi connectivity index (χ2v) is 7.00. The Morgan fingerprint density at radius 2 is 2.28 bits per heavy atom. The van der Waals surface area contributed by atoms with E-state index in [0.29, 0.717) is 5.92 Å². The lowest BCUT2D eigenvalue weighted by Crippen LogP contribution is -2.41. The van der Waals surface area contributed by atoms with Crippen molar-refractivity contribution in [2.45, 2.75) is 25.8 Å². The Hall–Kier alpha value is -1.02. The van der Waals surface area contributed by atoms with Crippen LogP contribution in [0.2, 0.25) is 0 Å². The van der Waals surface area contributed by atoms with Crippen molar-refractivity contribution in [3.8, 4) is 0 Å². The zero-order chi connectivity index (χ0) is 16.9. The van der Waals surface area contributed by atoms with Crippen molar-refractivity contribution in [3.05, 3.63) is 29.3 Å². The molecule has 0 saturated carbocycles. The van der Waals surface area contributed by atoms with Crippen LogP contribution in [0.25, 0.3) is 0 Å². The molecule has 0 aliphatic carbocycles. The Kier molecular flexibility index (Phi) is 7.81. The van der Waals surface area contributed by atoms with Gasteiger partial charge in [-0.15, -0.1) is 24.0 Å². The maximum atomic E-state index is 5.47. The minimum Gasteiger partial charge on any atom is -0.381 e. The normalized spacial score (nSPS) is 20.0. The molecule has 0 spiro atoms. The van der Waals surface area contributed by atoms with E-state index in [0.717, 1.165) is 45.2 Å². The molecular weight excluding hydrogens is 427 g/mol. The number of anilines is 1. The lowest BCUT2D eigenvalue weighted by atomic mass is 9.99. The first-order chi connectivity index (χ1) is 11.7. The second kappa shape index (κ2) is 9.62. The van der Waals surface area contributed by atoms with Crippen molar-refractivity contribution >= 4 is 35.6 Å². The van der Waals surface area contributed by atoms with E-state index in [4.69, 9.17) is 4.74 Å². The standard InChI is InChI=1S/C19H30N4O.HI/c1-20-19(23(3)13-16-8-10-24-14-16)21-12-15-6-7-18-17(11-15)5-4-9-22(18)2;/h6-7,11,16H,4-5,8-10,12-14H2,1-3H3,(H,20,21);1H. The molecule has 2 aliphatic heterocycles. The maximum Gasteiger partial charge on any atom is 0.193 e. The summed E-state index contributed by atoms with van der Waals surface area (Å²) in [4.78, 5) is 8.99. The number of guanidine groups is 1. The van der Waals surface area contributed by atoms with E-state index in [1.165, 1.54) is 29.7 Å². The molecule has 1 atom stereocenters. The van der Waals surface area contributed by atoms with Crippen LogP contribution in [0.3, 0.4) is 0 Å². The van der Waals surface area contributed by atoms with Crippen LogP contribution >= 0.6 is 24.0 Å². The summed E-state index contributed by atoms with van der Waals surface area (Å²) in [7, 11) is 6.14. The molecule has 1 saturated heterocycles. The van der Waals surface area contributed by atoms with Gasteiger partial charge in [-0.2, -0.15) is 0 Å². The lowest BCUT2D eigenvalue weighted by molar-refractivity contribution is 0.181. The summed E-state index contributed by atoms with van der Waals surface area (Å²) in [6.45, 7) is 4.74. The Morgan fingerprint density at radius 3 is 3.00 bits per heavy atom. The summed E-state index contributed by atoms with van der Waals surface area (Å²) in [5.41, 5.74) is 4.17. The van der Waals surface area contributed by atoms with Crippen molar-refractivity contribution < 1.29 is 4.74 Å². The number of hydrogen-bond donors (Lipinski definition) is 1. The number of nitrogens with zero attached hydrogens (tertiary/aromatic N) is 3. The molecule has 0 bridgehead atoms. The van der Waals surface area contributed by atoms with Gasteiger partial charge in [0.1, 0.15) is 0 Å². The Balaban J connectivity index is 0.00000225. The molecule has 1 unspecified atom stereocenters. The number of nitrogens with one attached hydrogen (secondary N) is 1. The molecule has 1 fully saturated rings. The summed E-state index contributed by atoms with van der Waals surface area (Å²) in [6.07, 6.45) is 3.58. The Bertz CT molecular complexity index is 587. The average Bonchev–Trinajstić information content (AvgIpc) is 3.08. The van der Waals surface area contributed by atoms with Crippen LogP contribution in [0.5, 0.6) is 0 Å². The van der Waals surface area contributed by atoms with Gasteiger partial charge in [0.15, 0.2) is 5.96 Å². The summed E-state index contributed by atoms with van der Waals surface area (Å²) in [5.74, 6) is 1.57. The molecule has 0 aromatic heterocycles. The van der Waals surface area contributed by atoms with Gasteiger partial charge >= 0.3 is 0 Å². The topological polar surface area (TPSA) is 40.1 Å². The number of aliphatic imine (C=N–C) groups is 1. The van der Waals surface area contributed by atoms with Crippen LogP contribution in [-0.4, -0.2) is 58.3 Å². The monoisotopic (exact) mass is 458 g/mol. The number of aryl methyl sites for hydroxylation is 1. The van der Waals surface area contributed by atoms with Gasteiger partial charge in [-0.1, -0.05) is 12.1 Å². The first-order valence-corrected chi connectivity index (χ1v) is 9.00. The van der Waals surface area contributed by atoms with Gasteiger partial charge in [0.05, 0.1) is 6.61 Å². The van der Waals surface area contributed by atoms with E-state index < -0.39 is 0 Å². The van der Waals surface area contributed by atoms with E-state index in [-0.39, 0.29) is 24.0 Å². The van der Waals surface area contributed by atoms with Gasteiger partial charge in [-0.3, -0.25) is 4.99 Å². The Morgan fingerprint density at radius 1 is 1.44 bits per heavy atom. The number of rotatable bonds is 4. The molecule has 1 aromatic carbocycles. The fourth-order valence-corrected chi connectivity index (χ4v) is 3.72. The third kappa shape index (κ3) is 5.23. The average molecular weight is 458 g/mol. The molecule has 5 nitrogen and oxygen atoms in total. The Labute approximate surface area is 168 Å². The van der Waals surface area contributed by atoms with Gasteiger partial charge in [0.25, 0.3) is 0 Å². The largest absolute Gasteiger partial charge is 0.381 e. The molecule has 0 amide bonds. The maximum absolute atomic E-state index is 5.47. The van der Waals surface area contributed by atoms with Crippen LogP contribution in [-0.2, 0) is 17.7 Å². The highest BCUT2D eigenvalue weighted by atomic mass is 127. The lowest BCUT2D eigenvalue weighted by Gasteiger charge is -2.28. The third-order valence-electron chi connectivity index (χ3n) is 5.07. The van der Waals surface area contributed by atoms with Crippen molar-refractivity contribution in [1.29, 1.82) is 0 Å². The number of ether oxygens (including phenoxy) is 1. The molecule has 3 rings (SSSR count). The van der Waals surface area contributed by atoms with E-state index in [1.807, 2.05) is 7.05 Å². The molecule has 1 N–H and O–H groups in total. The van der Waals surface area contributed by atoms with E-state index in [9.17, 15) is 0 Å². The van der Waals surface area contributed by atoms with Crippen LogP contribution in [0, 0.1) is 5.92 Å². The van der Waals surface area contributed by atoms with E-state index >= 15 is 0 Å². The number of fused-ring (bicyclic) bond motifs is 1. The van der Waals surface area contributed by atoms with Crippen LogP contribution in [0.4, 0.5) is 5.69 Å². The molecule has 2 aliphatic rings. The molecule has 2 heterocycles. The van der Waals surface area contributed by atoms with Gasteiger partial charge in [0.2, 0.25) is 0 Å². The number of hydrogen-bond acceptors (Lipinski definition) is 3. The van der Waals surface area contributed by atoms with E-state index in [2.05, 4.69) is 52.4 Å².